The summed E-state index contributed by atoms with van der Waals surface area (Å²) in [5, 5.41) is 44.0. The Morgan fingerprint density at radius 2 is 0.922 bits per heavy atom. The van der Waals surface area contributed by atoms with Crippen LogP contribution in [-0.2, 0) is 57.5 Å². The Kier molecular flexibility index (Phi) is 26.1. The largest absolute Gasteiger partial charge is 0.481 e. The highest BCUT2D eigenvalue weighted by molar-refractivity contribution is 5.99. The molecule has 26 heteroatoms. The van der Waals surface area contributed by atoms with Gasteiger partial charge in [-0.2, -0.15) is 0 Å². The van der Waals surface area contributed by atoms with Gasteiger partial charge in [0.15, 0.2) is 0 Å². The van der Waals surface area contributed by atoms with Crippen molar-refractivity contribution in [2.75, 3.05) is 6.54 Å². The molecule has 9 amide bonds. The lowest BCUT2D eigenvalue weighted by Gasteiger charge is -2.27. The van der Waals surface area contributed by atoms with Gasteiger partial charge in [0.1, 0.15) is 42.3 Å². The van der Waals surface area contributed by atoms with Crippen LogP contribution in [0.1, 0.15) is 98.8 Å². The second-order valence-electron chi connectivity index (χ2n) is 15.6. The molecule has 362 valence electrons. The summed E-state index contributed by atoms with van der Waals surface area (Å²) < 4.78 is 0. The van der Waals surface area contributed by atoms with Gasteiger partial charge in [-0.3, -0.25) is 52.7 Å². The number of hydrogen-bond acceptors (Lipinski definition) is 14. The number of aliphatic carboxylic acids is 3. The normalized spacial score (nSPS) is 15.2. The van der Waals surface area contributed by atoms with Gasteiger partial charge < -0.3 is 75.5 Å². The van der Waals surface area contributed by atoms with Crippen LogP contribution >= 0.6 is 0 Å². The Morgan fingerprint density at radius 1 is 0.500 bits per heavy atom. The first kappa shape index (κ1) is 57.6. The average Bonchev–Trinajstić information content (AvgIpc) is 3.18. The molecule has 26 nitrogen and oxygen atoms in total. The molecule has 0 heterocycles. The molecule has 0 aliphatic heterocycles. The first-order chi connectivity index (χ1) is 29.7. The Morgan fingerprint density at radius 3 is 1.36 bits per heavy atom. The lowest BCUT2D eigenvalue weighted by molar-refractivity contribution is -0.143. The van der Waals surface area contributed by atoms with Crippen molar-refractivity contribution < 1.29 is 72.9 Å². The second-order valence-corrected chi connectivity index (χ2v) is 15.6. The van der Waals surface area contributed by atoms with E-state index in [9.17, 15) is 72.9 Å². The molecule has 0 saturated carbocycles. The topological polar surface area (TPSA) is 454 Å². The maximum absolute atomic E-state index is 13.7. The van der Waals surface area contributed by atoms with Crippen LogP contribution in [0, 0.1) is 11.8 Å². The van der Waals surface area contributed by atoms with E-state index < -0.39 is 152 Å². The van der Waals surface area contributed by atoms with E-state index in [4.69, 9.17) is 22.9 Å². The lowest BCUT2D eigenvalue weighted by atomic mass is 9.99. The number of nitrogens with one attached hydrogen (secondary N) is 7. The number of carboxylic acids is 3. The molecule has 18 N–H and O–H groups in total. The number of unbranched alkanes of at least 4 members (excludes halogenated alkanes) is 1. The number of carboxylic acid groups (broad SMARTS) is 3. The van der Waals surface area contributed by atoms with Gasteiger partial charge in [-0.05, 0) is 57.4 Å². The molecular weight excluding hydrogens is 850 g/mol. The molecule has 0 rings (SSSR count). The Balaban J connectivity index is 6.36. The van der Waals surface area contributed by atoms with Crippen molar-refractivity contribution >= 4 is 71.1 Å². The molecule has 0 fully saturated rings. The fourth-order valence-electron chi connectivity index (χ4n) is 5.74. The molecule has 0 spiro atoms. The summed E-state index contributed by atoms with van der Waals surface area (Å²) in [5.41, 5.74) is 22.0. The number of rotatable bonds is 32. The highest BCUT2D eigenvalue weighted by Crippen LogP contribution is 2.10. The third-order valence-corrected chi connectivity index (χ3v) is 9.58. The standard InChI is InChI=1S/C38H65N11O15/c1-6-18(4)30(42)37(62)49-25(16-29(54)55)33(58)43-19(5)31(56)46-22(13-17(2)3)34(59)48-23(14-26(40)50)35(60)44-20(10-11-28(52)53)32(57)47-24(15-27(41)51)36(61)45-21(38(63)64)9-7-8-12-39/h17-25,30H,6-16,39,42H2,1-5H3,(H2,40,50)(H2,41,51)(H,43,58)(H,44,60)(H,45,61)(H,46,56)(H,47,57)(H,48,59)(H,49,62)(H,52,53)(H,54,55)(H,63,64)/t18-,19-,20-,21-,22-,23-,24-,25-,30-/m0/s1. The second kappa shape index (κ2) is 29.0. The van der Waals surface area contributed by atoms with E-state index in [2.05, 4.69) is 37.2 Å². The van der Waals surface area contributed by atoms with Crippen molar-refractivity contribution in [3.05, 3.63) is 0 Å². The number of nitrogens with two attached hydrogens (primary N) is 4. The van der Waals surface area contributed by atoms with Crippen LogP contribution in [-0.4, -0.2) is 141 Å². The van der Waals surface area contributed by atoms with Gasteiger partial charge in [-0.1, -0.05) is 34.1 Å². The van der Waals surface area contributed by atoms with Crippen LogP contribution in [0.15, 0.2) is 0 Å². The van der Waals surface area contributed by atoms with Crippen LogP contribution in [0.25, 0.3) is 0 Å². The fraction of sp³-hybridized carbons (Fsp3) is 0.684. The third-order valence-electron chi connectivity index (χ3n) is 9.58. The van der Waals surface area contributed by atoms with E-state index >= 15 is 0 Å². The zero-order valence-electron chi connectivity index (χ0n) is 36.6. The molecule has 64 heavy (non-hydrogen) atoms. The molecule has 0 unspecified atom stereocenters. The molecule has 0 aliphatic rings. The van der Waals surface area contributed by atoms with Crippen molar-refractivity contribution in [3.8, 4) is 0 Å². The summed E-state index contributed by atoms with van der Waals surface area (Å²) in [5.74, 6) is -14.8. The Hall–Kier alpha value is -6.44. The quantitative estimate of drug-likeness (QED) is 0.0281. The minimum atomic E-state index is -1.87. The SMILES string of the molecule is CC[C@H](C)[C@H](N)C(=O)N[C@@H](CC(=O)O)C(=O)N[C@@H](C)C(=O)N[C@@H](CC(C)C)C(=O)N[C@@H](CC(N)=O)C(=O)N[C@@H](CCC(=O)O)C(=O)N[C@@H](CC(N)=O)C(=O)N[C@@H](CCCCN)C(=O)O. The highest BCUT2D eigenvalue weighted by atomic mass is 16.4. The Bertz CT molecular complexity index is 1700. The van der Waals surface area contributed by atoms with E-state index in [1.54, 1.807) is 27.7 Å². The summed E-state index contributed by atoms with van der Waals surface area (Å²) in [4.78, 5) is 152. The highest BCUT2D eigenvalue weighted by Gasteiger charge is 2.35. The van der Waals surface area contributed by atoms with E-state index in [-0.39, 0.29) is 31.2 Å². The summed E-state index contributed by atoms with van der Waals surface area (Å²) in [6.07, 6.45) is -2.98. The smallest absolute Gasteiger partial charge is 0.326 e. The van der Waals surface area contributed by atoms with Crippen LogP contribution in [0.5, 0.6) is 0 Å². The monoisotopic (exact) mass is 915 g/mol. The molecule has 0 saturated heterocycles. The summed E-state index contributed by atoms with van der Waals surface area (Å²) >= 11 is 0. The van der Waals surface area contributed by atoms with Gasteiger partial charge in [-0.25, -0.2) is 4.79 Å². The van der Waals surface area contributed by atoms with Gasteiger partial charge in [0.05, 0.1) is 25.3 Å². The number of hydrogen-bond donors (Lipinski definition) is 14. The summed E-state index contributed by atoms with van der Waals surface area (Å²) in [7, 11) is 0. The number of primary amides is 2. The molecule has 0 bridgehead atoms. The summed E-state index contributed by atoms with van der Waals surface area (Å²) in [6, 6.07) is -12.6. The minimum Gasteiger partial charge on any atom is -0.481 e. The maximum Gasteiger partial charge on any atom is 0.326 e. The number of carbonyl (C=O) groups is 12. The van der Waals surface area contributed by atoms with Crippen molar-refractivity contribution in [2.45, 2.75) is 147 Å². The lowest BCUT2D eigenvalue weighted by Crippen LogP contribution is -2.60. The van der Waals surface area contributed by atoms with Crippen molar-refractivity contribution in [3.63, 3.8) is 0 Å². The van der Waals surface area contributed by atoms with Gasteiger partial charge in [0, 0.05) is 6.42 Å². The number of amides is 9. The van der Waals surface area contributed by atoms with Crippen molar-refractivity contribution in [1.82, 2.24) is 37.2 Å². The predicted molar refractivity (Wildman–Crippen MR) is 223 cm³/mol. The van der Waals surface area contributed by atoms with Gasteiger partial charge in [0.25, 0.3) is 0 Å². The van der Waals surface area contributed by atoms with Crippen LogP contribution in [0.2, 0.25) is 0 Å². The van der Waals surface area contributed by atoms with Crippen molar-refractivity contribution in [1.29, 1.82) is 0 Å². The van der Waals surface area contributed by atoms with Gasteiger partial charge in [-0.15, -0.1) is 0 Å². The first-order valence-corrected chi connectivity index (χ1v) is 20.5. The molecule has 0 aromatic carbocycles. The van der Waals surface area contributed by atoms with Gasteiger partial charge >= 0.3 is 17.9 Å². The average molecular weight is 916 g/mol. The molecule has 0 radical (unpaired) electrons. The van der Waals surface area contributed by atoms with Crippen LogP contribution in [0.4, 0.5) is 0 Å². The first-order valence-electron chi connectivity index (χ1n) is 20.5. The summed E-state index contributed by atoms with van der Waals surface area (Å²) in [6.45, 7) is 8.21. The van der Waals surface area contributed by atoms with Gasteiger partial charge in [0.2, 0.25) is 53.2 Å². The molecular formula is C38H65N11O15. The fourth-order valence-corrected chi connectivity index (χ4v) is 5.74. The molecule has 9 atom stereocenters. The molecule has 0 aliphatic carbocycles. The van der Waals surface area contributed by atoms with Crippen molar-refractivity contribution in [2.24, 2.45) is 34.8 Å². The van der Waals surface area contributed by atoms with E-state index in [0.717, 1.165) is 0 Å². The Labute approximate surface area is 369 Å². The van der Waals surface area contributed by atoms with E-state index in [1.165, 1.54) is 6.92 Å². The van der Waals surface area contributed by atoms with E-state index in [0.29, 0.717) is 19.3 Å². The predicted octanol–water partition coefficient (Wildman–Crippen LogP) is -4.88. The van der Waals surface area contributed by atoms with Crippen LogP contribution in [0.3, 0.4) is 0 Å². The zero-order chi connectivity index (χ0) is 49.4. The number of carbonyl (C=O) groups excluding carboxylic acids is 9. The zero-order valence-corrected chi connectivity index (χ0v) is 36.6. The third kappa shape index (κ3) is 22.6. The molecule has 0 aromatic rings. The van der Waals surface area contributed by atoms with Crippen LogP contribution < -0.4 is 60.2 Å². The minimum absolute atomic E-state index is 0.0678. The maximum atomic E-state index is 13.7. The van der Waals surface area contributed by atoms with E-state index in [1.807, 2.05) is 0 Å². The molecule has 0 aromatic heterocycles.